The second-order valence-electron chi connectivity index (χ2n) is 8.20. The number of ether oxygens (including phenoxy) is 1. The number of para-hydroxylation sites is 1. The molecule has 0 saturated heterocycles. The number of nitrogens with one attached hydrogen (secondary N) is 4. The number of hydrogen-bond acceptors (Lipinski definition) is 6. The Hall–Kier alpha value is -3.60. The molecular formula is C22H28N4O6S. The Kier molecular flexibility index (Phi) is 8.41. The van der Waals surface area contributed by atoms with Crippen LogP contribution < -0.4 is 20.7 Å². The average Bonchev–Trinajstić information content (AvgIpc) is 2.69. The minimum absolute atomic E-state index is 0.137. The van der Waals surface area contributed by atoms with Crippen LogP contribution in [0.15, 0.2) is 48.5 Å². The van der Waals surface area contributed by atoms with E-state index in [1.807, 2.05) is 0 Å². The predicted molar refractivity (Wildman–Crippen MR) is 125 cm³/mol. The fourth-order valence-corrected chi connectivity index (χ4v) is 3.20. The van der Waals surface area contributed by atoms with Crippen LogP contribution in [-0.4, -0.2) is 44.7 Å². The lowest BCUT2D eigenvalue weighted by Gasteiger charge is -2.19. The molecular weight excluding hydrogens is 448 g/mol. The molecule has 0 aliphatic rings. The first-order valence-corrected chi connectivity index (χ1v) is 11.9. The van der Waals surface area contributed by atoms with Crippen molar-refractivity contribution >= 4 is 39.3 Å². The lowest BCUT2D eigenvalue weighted by Crippen LogP contribution is -2.37. The second kappa shape index (κ2) is 10.8. The van der Waals surface area contributed by atoms with E-state index in [0.29, 0.717) is 22.5 Å². The molecule has 33 heavy (non-hydrogen) atoms. The summed E-state index contributed by atoms with van der Waals surface area (Å²) in [6.45, 7) is 5.02. The molecule has 0 spiro atoms. The van der Waals surface area contributed by atoms with Gasteiger partial charge in [0.05, 0.1) is 6.26 Å². The van der Waals surface area contributed by atoms with Crippen molar-refractivity contribution in [1.29, 1.82) is 0 Å². The largest absolute Gasteiger partial charge is 0.444 e. The molecule has 11 heteroatoms. The normalized spacial score (nSPS) is 11.3. The molecule has 0 aliphatic heterocycles. The number of amides is 3. The smallest absolute Gasteiger partial charge is 0.408 e. The highest BCUT2D eigenvalue weighted by molar-refractivity contribution is 7.92. The molecule has 0 atom stereocenters. The molecule has 0 radical (unpaired) electrons. The molecule has 4 N–H and O–H groups in total. The minimum atomic E-state index is -3.40. The quantitative estimate of drug-likeness (QED) is 0.461. The highest BCUT2D eigenvalue weighted by Crippen LogP contribution is 2.16. The Bertz CT molecular complexity index is 1110. The van der Waals surface area contributed by atoms with Gasteiger partial charge in [0.1, 0.15) is 12.1 Å². The third kappa shape index (κ3) is 9.60. The second-order valence-corrected chi connectivity index (χ2v) is 9.94. The fraction of sp³-hybridized carbons (Fsp3) is 0.318. The van der Waals surface area contributed by atoms with Crippen LogP contribution in [0.2, 0.25) is 0 Å². The first-order valence-electron chi connectivity index (χ1n) is 10.0. The Morgan fingerprint density at radius 2 is 1.58 bits per heavy atom. The number of carbonyl (C=O) groups is 3. The van der Waals surface area contributed by atoms with Crippen LogP contribution in [-0.2, 0) is 26.1 Å². The van der Waals surface area contributed by atoms with Gasteiger partial charge in [-0.2, -0.15) is 0 Å². The van der Waals surface area contributed by atoms with Crippen LogP contribution in [0.5, 0.6) is 0 Å². The van der Waals surface area contributed by atoms with Crippen molar-refractivity contribution < 1.29 is 27.5 Å². The van der Waals surface area contributed by atoms with E-state index in [1.165, 1.54) is 24.3 Å². The highest BCUT2D eigenvalue weighted by atomic mass is 32.2. The van der Waals surface area contributed by atoms with Gasteiger partial charge in [0, 0.05) is 23.5 Å². The molecule has 0 fully saturated rings. The van der Waals surface area contributed by atoms with Gasteiger partial charge in [-0.05, 0) is 56.7 Å². The lowest BCUT2D eigenvalue weighted by molar-refractivity contribution is -0.115. The first-order chi connectivity index (χ1) is 15.3. The van der Waals surface area contributed by atoms with E-state index >= 15 is 0 Å². The van der Waals surface area contributed by atoms with Crippen LogP contribution in [0.3, 0.4) is 0 Å². The van der Waals surface area contributed by atoms with Gasteiger partial charge in [-0.15, -0.1) is 0 Å². The van der Waals surface area contributed by atoms with Gasteiger partial charge in [-0.1, -0.05) is 18.2 Å². The maximum absolute atomic E-state index is 12.4. The van der Waals surface area contributed by atoms with Crippen molar-refractivity contribution in [2.45, 2.75) is 32.9 Å². The van der Waals surface area contributed by atoms with Gasteiger partial charge < -0.3 is 20.7 Å². The number of anilines is 2. The summed E-state index contributed by atoms with van der Waals surface area (Å²) in [5, 5.41) is 7.83. The summed E-state index contributed by atoms with van der Waals surface area (Å²) in [7, 11) is -3.40. The molecule has 0 unspecified atom stereocenters. The third-order valence-corrected chi connectivity index (χ3v) is 4.58. The third-order valence-electron chi connectivity index (χ3n) is 3.97. The number of benzene rings is 2. The Morgan fingerprint density at radius 3 is 2.18 bits per heavy atom. The van der Waals surface area contributed by atoms with Gasteiger partial charge in [0.2, 0.25) is 15.9 Å². The van der Waals surface area contributed by atoms with Gasteiger partial charge in [0.25, 0.3) is 5.91 Å². The molecule has 178 valence electrons. The summed E-state index contributed by atoms with van der Waals surface area (Å²) in [5.41, 5.74) is 1.17. The van der Waals surface area contributed by atoms with Gasteiger partial charge in [-0.25, -0.2) is 13.2 Å². The number of sulfonamides is 1. The van der Waals surface area contributed by atoms with Gasteiger partial charge in [0.15, 0.2) is 0 Å². The van der Waals surface area contributed by atoms with Crippen LogP contribution in [0, 0.1) is 0 Å². The van der Waals surface area contributed by atoms with Crippen LogP contribution in [0.1, 0.15) is 36.7 Å². The van der Waals surface area contributed by atoms with Crippen LogP contribution in [0.25, 0.3) is 0 Å². The van der Waals surface area contributed by atoms with E-state index in [4.69, 9.17) is 4.74 Å². The molecule has 3 amide bonds. The van der Waals surface area contributed by atoms with Crippen LogP contribution in [0.4, 0.5) is 16.2 Å². The van der Waals surface area contributed by atoms with E-state index in [1.54, 1.807) is 45.0 Å². The zero-order valence-corrected chi connectivity index (χ0v) is 19.7. The monoisotopic (exact) mass is 476 g/mol. The van der Waals surface area contributed by atoms with Crippen molar-refractivity contribution in [3.63, 3.8) is 0 Å². The summed E-state index contributed by atoms with van der Waals surface area (Å²) in [6.07, 6.45) is 0.341. The zero-order valence-electron chi connectivity index (χ0n) is 18.9. The summed E-state index contributed by atoms with van der Waals surface area (Å²) in [4.78, 5) is 36.3. The van der Waals surface area contributed by atoms with Crippen molar-refractivity contribution in [3.05, 3.63) is 59.7 Å². The molecule has 2 aromatic carbocycles. The molecule has 0 bridgehead atoms. The van der Waals surface area contributed by atoms with E-state index in [9.17, 15) is 22.8 Å². The fourth-order valence-electron chi connectivity index (χ4n) is 2.64. The summed E-state index contributed by atoms with van der Waals surface area (Å²) in [6, 6.07) is 12.9. The molecule has 2 rings (SSSR count). The predicted octanol–water partition coefficient (Wildman–Crippen LogP) is 2.45. The Balaban J connectivity index is 1.93. The summed E-state index contributed by atoms with van der Waals surface area (Å²) >= 11 is 0. The Morgan fingerprint density at radius 1 is 0.939 bits per heavy atom. The van der Waals surface area contributed by atoms with Crippen molar-refractivity contribution in [2.75, 3.05) is 22.8 Å². The number of hydrogen-bond donors (Lipinski definition) is 4. The molecule has 10 nitrogen and oxygen atoms in total. The minimum Gasteiger partial charge on any atom is -0.444 e. The van der Waals surface area contributed by atoms with E-state index in [2.05, 4.69) is 20.7 Å². The first kappa shape index (κ1) is 25.7. The number of rotatable bonds is 8. The van der Waals surface area contributed by atoms with Crippen molar-refractivity contribution in [3.8, 4) is 0 Å². The standard InChI is InChI=1S/C22H28N4O6S/c1-22(2,3)32-21(29)24-14-19(27)25-18-8-6-5-7-16(18)13-23-20(28)15-9-11-17(12-10-15)26-33(4,30)31/h5-12,26H,13-14H2,1-4H3,(H,23,28)(H,24,29)(H,25,27). The number of carbonyl (C=O) groups excluding carboxylic acids is 3. The van der Waals surface area contributed by atoms with Crippen molar-refractivity contribution in [2.24, 2.45) is 0 Å². The molecule has 0 aromatic heterocycles. The summed E-state index contributed by atoms with van der Waals surface area (Å²) < 4.78 is 30.0. The van der Waals surface area contributed by atoms with Crippen LogP contribution >= 0.6 is 0 Å². The molecule has 2 aromatic rings. The molecule has 0 saturated carbocycles. The van der Waals surface area contributed by atoms with E-state index in [0.717, 1.165) is 6.26 Å². The molecule has 0 heterocycles. The maximum atomic E-state index is 12.4. The topological polar surface area (TPSA) is 143 Å². The van der Waals surface area contributed by atoms with Gasteiger partial charge in [-0.3, -0.25) is 14.3 Å². The highest BCUT2D eigenvalue weighted by Gasteiger charge is 2.17. The van der Waals surface area contributed by atoms with E-state index in [-0.39, 0.29) is 19.0 Å². The van der Waals surface area contributed by atoms with Crippen molar-refractivity contribution in [1.82, 2.24) is 10.6 Å². The molecule has 0 aliphatic carbocycles. The summed E-state index contributed by atoms with van der Waals surface area (Å²) in [5.74, 6) is -0.817. The Labute approximate surface area is 193 Å². The zero-order chi connectivity index (χ0) is 24.6. The van der Waals surface area contributed by atoms with Gasteiger partial charge >= 0.3 is 6.09 Å². The number of alkyl carbamates (subject to hydrolysis) is 1. The maximum Gasteiger partial charge on any atom is 0.408 e. The SMILES string of the molecule is CC(C)(C)OC(=O)NCC(=O)Nc1ccccc1CNC(=O)c1ccc(NS(C)(=O)=O)cc1. The lowest BCUT2D eigenvalue weighted by atomic mass is 10.1. The average molecular weight is 477 g/mol. The van der Waals surface area contributed by atoms with E-state index < -0.39 is 27.6 Å².